The Balaban J connectivity index is 2.52. The van der Waals surface area contributed by atoms with Crippen LogP contribution in [0.1, 0.15) is 69.2 Å². The van der Waals surface area contributed by atoms with Crippen molar-refractivity contribution in [1.29, 1.82) is 0 Å². The van der Waals surface area contributed by atoms with Crippen LogP contribution in [-0.2, 0) is 18.3 Å². The van der Waals surface area contributed by atoms with Crippen LogP contribution in [0, 0.1) is 0 Å². The summed E-state index contributed by atoms with van der Waals surface area (Å²) >= 11 is 0. The van der Waals surface area contributed by atoms with Gasteiger partial charge in [-0.15, -0.1) is 0 Å². The van der Waals surface area contributed by atoms with Crippen molar-refractivity contribution in [3.05, 3.63) is 58.7 Å². The largest absolute Gasteiger partial charge is 0.508 e. The number of hydrogen-bond acceptors (Lipinski definition) is 2. The van der Waals surface area contributed by atoms with Gasteiger partial charge in [0.2, 0.25) is 0 Å². The number of hydrogen-bond donors (Lipinski definition) is 2. The van der Waals surface area contributed by atoms with Crippen LogP contribution in [0.15, 0.2) is 36.4 Å². The summed E-state index contributed by atoms with van der Waals surface area (Å²) in [6.07, 6.45) is 4.76. The van der Waals surface area contributed by atoms with E-state index >= 15 is 0 Å². The Kier molecular flexibility index (Phi) is 5.93. The molecule has 24 heavy (non-hydrogen) atoms. The van der Waals surface area contributed by atoms with Crippen molar-refractivity contribution >= 4 is 0 Å². The van der Waals surface area contributed by atoms with E-state index in [2.05, 4.69) is 39.8 Å². The molecule has 0 aliphatic carbocycles. The van der Waals surface area contributed by atoms with E-state index in [1.165, 1.54) is 11.1 Å². The molecule has 2 N–H and O–H groups in total. The minimum absolute atomic E-state index is 0.133. The molecule has 0 amide bonds. The lowest BCUT2D eigenvalue weighted by atomic mass is 9.73. The molecule has 0 saturated carbocycles. The molecule has 2 aromatic rings. The van der Waals surface area contributed by atoms with Gasteiger partial charge >= 0.3 is 0 Å². The molecule has 130 valence electrons. The average Bonchev–Trinajstić information content (AvgIpc) is 2.58. The second-order valence-corrected chi connectivity index (χ2v) is 6.87. The van der Waals surface area contributed by atoms with Crippen LogP contribution in [0.25, 0.3) is 0 Å². The lowest BCUT2D eigenvalue weighted by Crippen LogP contribution is -2.23. The fraction of sp³-hybridized carbons (Fsp3) is 0.455. The average molecular weight is 326 g/mol. The quantitative estimate of drug-likeness (QED) is 0.683. The summed E-state index contributed by atoms with van der Waals surface area (Å²) in [6, 6.07) is 12.0. The molecule has 0 radical (unpaired) electrons. The van der Waals surface area contributed by atoms with Crippen molar-refractivity contribution in [3.63, 3.8) is 0 Å². The van der Waals surface area contributed by atoms with Crippen molar-refractivity contribution in [2.24, 2.45) is 0 Å². The van der Waals surface area contributed by atoms with Crippen LogP contribution >= 0.6 is 0 Å². The van der Waals surface area contributed by atoms with E-state index in [-0.39, 0.29) is 5.41 Å². The molecular weight excluding hydrogens is 296 g/mol. The molecule has 0 fully saturated rings. The third-order valence-electron chi connectivity index (χ3n) is 5.18. The minimum Gasteiger partial charge on any atom is -0.508 e. The number of phenolic OH excluding ortho intramolecular Hbond substituents is 2. The van der Waals surface area contributed by atoms with Crippen molar-refractivity contribution in [1.82, 2.24) is 0 Å². The van der Waals surface area contributed by atoms with Gasteiger partial charge in [0, 0.05) is 5.41 Å². The maximum Gasteiger partial charge on any atom is 0.118 e. The molecule has 0 unspecified atom stereocenters. The molecule has 0 aromatic heterocycles. The molecule has 0 aliphatic heterocycles. The molecular formula is C22H30O2. The van der Waals surface area contributed by atoms with Gasteiger partial charge in [-0.05, 0) is 53.6 Å². The Labute approximate surface area is 146 Å². The summed E-state index contributed by atoms with van der Waals surface area (Å²) in [5.74, 6) is 0.771. The normalized spacial score (nSPS) is 11.7. The highest BCUT2D eigenvalue weighted by Crippen LogP contribution is 2.39. The highest BCUT2D eigenvalue weighted by molar-refractivity contribution is 5.47. The van der Waals surface area contributed by atoms with E-state index in [0.717, 1.165) is 43.2 Å². The van der Waals surface area contributed by atoms with Crippen molar-refractivity contribution in [2.45, 2.75) is 65.2 Å². The summed E-state index contributed by atoms with van der Waals surface area (Å²) in [5.41, 5.74) is 4.34. The molecule has 0 aliphatic rings. The van der Waals surface area contributed by atoms with Crippen molar-refractivity contribution in [3.8, 4) is 11.5 Å². The maximum atomic E-state index is 10.1. The van der Waals surface area contributed by atoms with Crippen LogP contribution in [0.3, 0.4) is 0 Å². The maximum absolute atomic E-state index is 10.1. The number of phenols is 2. The molecule has 0 bridgehead atoms. The van der Waals surface area contributed by atoms with Gasteiger partial charge in [-0.3, -0.25) is 0 Å². The third kappa shape index (κ3) is 3.58. The third-order valence-corrected chi connectivity index (χ3v) is 5.18. The Morgan fingerprint density at radius 3 is 1.50 bits per heavy atom. The van der Waals surface area contributed by atoms with Crippen LogP contribution < -0.4 is 0 Å². The lowest BCUT2D eigenvalue weighted by Gasteiger charge is -2.31. The van der Waals surface area contributed by atoms with E-state index in [1.807, 2.05) is 24.3 Å². The van der Waals surface area contributed by atoms with Gasteiger partial charge < -0.3 is 10.2 Å². The predicted molar refractivity (Wildman–Crippen MR) is 101 cm³/mol. The topological polar surface area (TPSA) is 40.5 Å². The first-order valence-electron chi connectivity index (χ1n) is 9.11. The number of benzene rings is 2. The van der Waals surface area contributed by atoms with Crippen LogP contribution in [0.5, 0.6) is 11.5 Å². The van der Waals surface area contributed by atoms with E-state index in [0.29, 0.717) is 11.5 Å². The molecule has 2 nitrogen and oxygen atoms in total. The second-order valence-electron chi connectivity index (χ2n) is 6.87. The van der Waals surface area contributed by atoms with Gasteiger partial charge in [-0.25, -0.2) is 0 Å². The fourth-order valence-electron chi connectivity index (χ4n) is 3.37. The van der Waals surface area contributed by atoms with Crippen LogP contribution in [0.2, 0.25) is 0 Å². The molecule has 2 rings (SSSR count). The summed E-state index contributed by atoms with van der Waals surface area (Å²) in [7, 11) is 0. The zero-order chi connectivity index (χ0) is 17.7. The Morgan fingerprint density at radius 2 is 1.17 bits per heavy atom. The Morgan fingerprint density at radius 1 is 0.750 bits per heavy atom. The van der Waals surface area contributed by atoms with Gasteiger partial charge in [0.25, 0.3) is 0 Å². The van der Waals surface area contributed by atoms with E-state index in [9.17, 15) is 10.2 Å². The molecule has 2 aromatic carbocycles. The predicted octanol–water partition coefficient (Wildman–Crippen LogP) is 5.72. The lowest BCUT2D eigenvalue weighted by molar-refractivity contribution is 0.463. The minimum atomic E-state index is -0.133. The van der Waals surface area contributed by atoms with Crippen LogP contribution in [0.4, 0.5) is 0 Å². The van der Waals surface area contributed by atoms with E-state index in [1.54, 1.807) is 0 Å². The Hall–Kier alpha value is -1.96. The number of aromatic hydroxyl groups is 2. The first kappa shape index (κ1) is 18.4. The van der Waals surface area contributed by atoms with Crippen molar-refractivity contribution < 1.29 is 10.2 Å². The van der Waals surface area contributed by atoms with Crippen LogP contribution in [-0.4, -0.2) is 10.2 Å². The van der Waals surface area contributed by atoms with Gasteiger partial charge in [0.1, 0.15) is 11.5 Å². The van der Waals surface area contributed by atoms with Gasteiger partial charge in [-0.2, -0.15) is 0 Å². The monoisotopic (exact) mass is 326 g/mol. The summed E-state index contributed by atoms with van der Waals surface area (Å²) < 4.78 is 0. The summed E-state index contributed by atoms with van der Waals surface area (Å²) in [4.78, 5) is 0. The smallest absolute Gasteiger partial charge is 0.118 e. The SMILES string of the molecule is CCCc1cc(C(C)(CC)c2ccc(O)c(CCC)c2)ccc1O. The first-order valence-corrected chi connectivity index (χ1v) is 9.11. The van der Waals surface area contributed by atoms with Gasteiger partial charge in [0.15, 0.2) is 0 Å². The number of aryl methyl sites for hydroxylation is 2. The highest BCUT2D eigenvalue weighted by atomic mass is 16.3. The molecule has 0 heterocycles. The second kappa shape index (κ2) is 7.74. The molecule has 0 spiro atoms. The fourth-order valence-corrected chi connectivity index (χ4v) is 3.37. The molecule has 2 heteroatoms. The summed E-state index contributed by atoms with van der Waals surface area (Å²) in [5, 5.41) is 20.2. The van der Waals surface area contributed by atoms with E-state index in [4.69, 9.17) is 0 Å². The first-order chi connectivity index (χ1) is 11.5. The molecule has 0 saturated heterocycles. The standard InChI is InChI=1S/C22H30O2/c1-5-8-16-14-18(10-12-20(16)23)22(4,7-3)19-11-13-21(24)17(15-19)9-6-2/h10-15,23-24H,5-9H2,1-4H3. The van der Waals surface area contributed by atoms with Crippen molar-refractivity contribution in [2.75, 3.05) is 0 Å². The number of rotatable bonds is 7. The van der Waals surface area contributed by atoms with Gasteiger partial charge in [0.05, 0.1) is 0 Å². The highest BCUT2D eigenvalue weighted by Gasteiger charge is 2.28. The Bertz CT molecular complexity index is 633. The zero-order valence-corrected chi connectivity index (χ0v) is 15.4. The molecule has 0 atom stereocenters. The summed E-state index contributed by atoms with van der Waals surface area (Å²) in [6.45, 7) is 8.69. The van der Waals surface area contributed by atoms with Gasteiger partial charge in [-0.1, -0.05) is 64.8 Å². The zero-order valence-electron chi connectivity index (χ0n) is 15.4. The van der Waals surface area contributed by atoms with E-state index < -0.39 is 0 Å².